The van der Waals surface area contributed by atoms with Crippen LogP contribution in [0.25, 0.3) is 0 Å². The molecule has 0 aliphatic heterocycles. The Balaban J connectivity index is 4.23. The van der Waals surface area contributed by atoms with Gasteiger partial charge in [0.2, 0.25) is 0 Å². The number of ketones is 1. The molecule has 0 rings (SSSR count). The number of carbonyl (C=O) groups excluding carboxylic acids is 1. The molecule has 0 aliphatic carbocycles. The molecule has 2 nitrogen and oxygen atoms in total. The van der Waals surface area contributed by atoms with Crippen LogP contribution >= 0.6 is 0 Å². The largest absolute Gasteiger partial charge is 0.383 e. The zero-order valence-corrected chi connectivity index (χ0v) is 8.55. The van der Waals surface area contributed by atoms with Gasteiger partial charge in [-0.3, -0.25) is 4.79 Å². The van der Waals surface area contributed by atoms with Gasteiger partial charge in [-0.25, -0.2) is 0 Å². The van der Waals surface area contributed by atoms with Gasteiger partial charge in [-0.1, -0.05) is 13.8 Å². The van der Waals surface area contributed by atoms with Crippen molar-refractivity contribution in [1.82, 2.24) is 4.90 Å². The first kappa shape index (κ1) is 11.2. The van der Waals surface area contributed by atoms with Crippen LogP contribution in [0.4, 0.5) is 0 Å². The predicted molar refractivity (Wildman–Crippen MR) is 52.0 cm³/mol. The van der Waals surface area contributed by atoms with E-state index in [0.717, 1.165) is 18.4 Å². The molecule has 0 fully saturated rings. The summed E-state index contributed by atoms with van der Waals surface area (Å²) in [7, 11) is 3.88. The van der Waals surface area contributed by atoms with Gasteiger partial charge in [-0.05, 0) is 12.8 Å². The van der Waals surface area contributed by atoms with Crippen molar-refractivity contribution in [3.05, 3.63) is 11.8 Å². The van der Waals surface area contributed by atoms with Gasteiger partial charge >= 0.3 is 0 Å². The van der Waals surface area contributed by atoms with Crippen LogP contribution in [0.1, 0.15) is 33.1 Å². The van der Waals surface area contributed by atoms with Crippen molar-refractivity contribution >= 4 is 5.78 Å². The van der Waals surface area contributed by atoms with E-state index in [-0.39, 0.29) is 5.78 Å². The number of nitrogens with zero attached hydrogens (tertiary/aromatic N) is 1. The van der Waals surface area contributed by atoms with Gasteiger partial charge in [-0.2, -0.15) is 0 Å². The van der Waals surface area contributed by atoms with Gasteiger partial charge in [0.15, 0.2) is 5.78 Å². The van der Waals surface area contributed by atoms with E-state index in [2.05, 4.69) is 0 Å². The molecular formula is C10H19NO. The van der Waals surface area contributed by atoms with Crippen molar-refractivity contribution in [3.8, 4) is 0 Å². The second-order valence-electron chi connectivity index (χ2n) is 3.14. The van der Waals surface area contributed by atoms with Crippen LogP contribution in [0, 0.1) is 0 Å². The highest BCUT2D eigenvalue weighted by Crippen LogP contribution is 2.07. The summed E-state index contributed by atoms with van der Waals surface area (Å²) in [6.45, 7) is 4.05. The van der Waals surface area contributed by atoms with Crippen molar-refractivity contribution in [2.45, 2.75) is 33.1 Å². The lowest BCUT2D eigenvalue weighted by atomic mass is 10.1. The summed E-state index contributed by atoms with van der Waals surface area (Å²) in [6.07, 6.45) is 4.35. The molecule has 0 atom stereocenters. The third-order valence-electron chi connectivity index (χ3n) is 1.63. The topological polar surface area (TPSA) is 20.3 Å². The first-order valence-electron chi connectivity index (χ1n) is 4.52. The molecule has 0 bridgehead atoms. The first-order chi connectivity index (χ1) is 5.61. The minimum absolute atomic E-state index is 0.286. The monoisotopic (exact) mass is 169 g/mol. The van der Waals surface area contributed by atoms with Crippen LogP contribution in [0.15, 0.2) is 11.8 Å². The number of Topliss-reactive ketones (excluding diaryl/α,β-unsaturated/α-hetero) is 1. The second kappa shape index (κ2) is 5.81. The Labute approximate surface area is 75.3 Å². The van der Waals surface area contributed by atoms with E-state index >= 15 is 0 Å². The Hall–Kier alpha value is -0.790. The van der Waals surface area contributed by atoms with E-state index in [9.17, 15) is 4.79 Å². The summed E-state index contributed by atoms with van der Waals surface area (Å²) in [4.78, 5) is 13.3. The van der Waals surface area contributed by atoms with E-state index in [4.69, 9.17) is 0 Å². The van der Waals surface area contributed by atoms with Crippen LogP contribution in [0.3, 0.4) is 0 Å². The van der Waals surface area contributed by atoms with Crippen LogP contribution in [0.5, 0.6) is 0 Å². The highest BCUT2D eigenvalue weighted by molar-refractivity contribution is 5.95. The Bertz CT molecular complexity index is 171. The van der Waals surface area contributed by atoms with E-state index in [1.54, 1.807) is 0 Å². The standard InChI is InChI=1S/C10H19NO/c1-5-7-10(12)9(6-2)8-11(3)4/h8H,5-7H2,1-4H3/b9-8+. The summed E-state index contributed by atoms with van der Waals surface area (Å²) < 4.78 is 0. The van der Waals surface area contributed by atoms with E-state index in [1.165, 1.54) is 0 Å². The molecule has 12 heavy (non-hydrogen) atoms. The lowest BCUT2D eigenvalue weighted by molar-refractivity contribution is -0.115. The lowest BCUT2D eigenvalue weighted by Gasteiger charge is -2.08. The van der Waals surface area contributed by atoms with Crippen molar-refractivity contribution in [2.24, 2.45) is 0 Å². The summed E-state index contributed by atoms with van der Waals surface area (Å²) in [5.41, 5.74) is 0.932. The fourth-order valence-electron chi connectivity index (χ4n) is 1.06. The quantitative estimate of drug-likeness (QED) is 0.588. The summed E-state index contributed by atoms with van der Waals surface area (Å²) in [5, 5.41) is 0. The average molecular weight is 169 g/mol. The molecular weight excluding hydrogens is 150 g/mol. The minimum Gasteiger partial charge on any atom is -0.383 e. The van der Waals surface area contributed by atoms with Crippen molar-refractivity contribution in [2.75, 3.05) is 14.1 Å². The van der Waals surface area contributed by atoms with Crippen LogP contribution in [0.2, 0.25) is 0 Å². The number of hydrogen-bond acceptors (Lipinski definition) is 2. The SMILES string of the molecule is CCCC(=O)/C(=C/N(C)C)CC. The third-order valence-corrected chi connectivity index (χ3v) is 1.63. The third kappa shape index (κ3) is 4.16. The lowest BCUT2D eigenvalue weighted by Crippen LogP contribution is -2.08. The zero-order chi connectivity index (χ0) is 9.56. The Morgan fingerprint density at radius 3 is 2.25 bits per heavy atom. The van der Waals surface area contributed by atoms with Crippen molar-refractivity contribution in [3.63, 3.8) is 0 Å². The van der Waals surface area contributed by atoms with Gasteiger partial charge in [0.25, 0.3) is 0 Å². The van der Waals surface area contributed by atoms with Crippen LogP contribution < -0.4 is 0 Å². The maximum atomic E-state index is 11.4. The highest BCUT2D eigenvalue weighted by atomic mass is 16.1. The van der Waals surface area contributed by atoms with E-state index < -0.39 is 0 Å². The van der Waals surface area contributed by atoms with Gasteiger partial charge in [0.05, 0.1) is 0 Å². The Kier molecular flexibility index (Phi) is 5.43. The number of allylic oxidation sites excluding steroid dienone is 1. The fraction of sp³-hybridized carbons (Fsp3) is 0.700. The molecule has 0 heterocycles. The van der Waals surface area contributed by atoms with Gasteiger partial charge in [0, 0.05) is 32.3 Å². The van der Waals surface area contributed by atoms with Crippen LogP contribution in [-0.4, -0.2) is 24.8 Å². The van der Waals surface area contributed by atoms with E-state index in [0.29, 0.717) is 6.42 Å². The summed E-state index contributed by atoms with van der Waals surface area (Å²) in [6, 6.07) is 0. The van der Waals surface area contributed by atoms with E-state index in [1.807, 2.05) is 39.0 Å². The predicted octanol–water partition coefficient (Wildman–Crippen LogP) is 2.21. The molecule has 2 heteroatoms. The summed E-state index contributed by atoms with van der Waals surface area (Å²) in [5.74, 6) is 0.286. The molecule has 0 saturated heterocycles. The second-order valence-corrected chi connectivity index (χ2v) is 3.14. The number of hydrogen-bond donors (Lipinski definition) is 0. The van der Waals surface area contributed by atoms with Gasteiger partial charge < -0.3 is 4.90 Å². The van der Waals surface area contributed by atoms with Crippen molar-refractivity contribution < 1.29 is 4.79 Å². The molecule has 0 aliphatic rings. The molecule has 0 N–H and O–H groups in total. The molecule has 0 aromatic carbocycles. The molecule has 0 unspecified atom stereocenters. The normalized spacial score (nSPS) is 11.5. The Morgan fingerprint density at radius 1 is 1.33 bits per heavy atom. The number of rotatable bonds is 5. The number of carbonyl (C=O) groups is 1. The first-order valence-corrected chi connectivity index (χ1v) is 4.52. The molecule has 0 saturated carbocycles. The van der Waals surface area contributed by atoms with Gasteiger partial charge in [-0.15, -0.1) is 0 Å². The van der Waals surface area contributed by atoms with Crippen LogP contribution in [-0.2, 0) is 4.79 Å². The molecule has 70 valence electrons. The molecule has 0 spiro atoms. The Morgan fingerprint density at radius 2 is 1.92 bits per heavy atom. The van der Waals surface area contributed by atoms with Gasteiger partial charge in [0.1, 0.15) is 0 Å². The molecule has 0 aromatic rings. The molecule has 0 amide bonds. The maximum absolute atomic E-state index is 11.4. The average Bonchev–Trinajstić information content (AvgIpc) is 2.00. The van der Waals surface area contributed by atoms with Crippen molar-refractivity contribution in [1.29, 1.82) is 0 Å². The fourth-order valence-corrected chi connectivity index (χ4v) is 1.06. The molecule has 0 aromatic heterocycles. The minimum atomic E-state index is 0.286. The molecule has 0 radical (unpaired) electrons. The highest BCUT2D eigenvalue weighted by Gasteiger charge is 2.05. The smallest absolute Gasteiger partial charge is 0.160 e. The maximum Gasteiger partial charge on any atom is 0.160 e. The summed E-state index contributed by atoms with van der Waals surface area (Å²) >= 11 is 0. The zero-order valence-electron chi connectivity index (χ0n) is 8.55.